The molecule has 0 spiro atoms. The monoisotopic (exact) mass is 359 g/mol. The van der Waals surface area contributed by atoms with Gasteiger partial charge in [0, 0.05) is 26.8 Å². The zero-order valence-corrected chi connectivity index (χ0v) is 13.1. The zero-order chi connectivity index (χ0) is 13.7. The Bertz CT molecular complexity index is 543. The summed E-state index contributed by atoms with van der Waals surface area (Å²) in [5.74, 6) is 0.673. The third kappa shape index (κ3) is 4.60. The number of nitrogens with one attached hydrogen (secondary N) is 1. The Labute approximate surface area is 130 Å². The van der Waals surface area contributed by atoms with Crippen LogP contribution in [0.15, 0.2) is 46.9 Å². The number of ether oxygens (including phenoxy) is 1. The van der Waals surface area contributed by atoms with Crippen molar-refractivity contribution in [3.05, 3.63) is 57.0 Å². The van der Waals surface area contributed by atoms with E-state index in [1.807, 2.05) is 24.3 Å². The van der Waals surface area contributed by atoms with Crippen LogP contribution in [0.25, 0.3) is 0 Å². The molecule has 0 saturated heterocycles. The molecule has 2 aromatic carbocycles. The largest absolute Gasteiger partial charge is 0.492 e. The van der Waals surface area contributed by atoms with Crippen LogP contribution in [0.1, 0.15) is 0 Å². The molecule has 0 radical (unpaired) electrons. The molecule has 0 bridgehead atoms. The Kier molecular flexibility index (Phi) is 5.37. The smallest absolute Gasteiger partial charge is 0.122 e. The van der Waals surface area contributed by atoms with E-state index >= 15 is 0 Å². The lowest BCUT2D eigenvalue weighted by molar-refractivity contribution is 0.333. The predicted octanol–water partition coefficient (Wildman–Crippen LogP) is 5.25. The van der Waals surface area contributed by atoms with E-state index in [9.17, 15) is 0 Å². The minimum Gasteiger partial charge on any atom is -0.492 e. The Morgan fingerprint density at radius 3 is 2.42 bits per heavy atom. The van der Waals surface area contributed by atoms with Crippen molar-refractivity contribution in [2.24, 2.45) is 0 Å². The molecule has 0 amide bonds. The lowest BCUT2D eigenvalue weighted by Crippen LogP contribution is -2.11. The van der Waals surface area contributed by atoms with Crippen molar-refractivity contribution in [1.82, 2.24) is 0 Å². The molecule has 0 aliphatic rings. The highest BCUT2D eigenvalue weighted by molar-refractivity contribution is 9.10. The number of para-hydroxylation sites is 1. The molecule has 0 unspecified atom stereocenters. The van der Waals surface area contributed by atoms with Crippen LogP contribution < -0.4 is 10.1 Å². The molecule has 0 atom stereocenters. The van der Waals surface area contributed by atoms with Crippen molar-refractivity contribution in [2.45, 2.75) is 0 Å². The lowest BCUT2D eigenvalue weighted by Gasteiger charge is -2.10. The fraction of sp³-hybridized carbons (Fsp3) is 0.143. The molecule has 2 aromatic rings. The summed E-state index contributed by atoms with van der Waals surface area (Å²) < 4.78 is 6.61. The first-order valence-corrected chi connectivity index (χ1v) is 7.27. The second-order valence-electron chi connectivity index (χ2n) is 3.86. The zero-order valence-electron chi connectivity index (χ0n) is 10.00. The van der Waals surface area contributed by atoms with Crippen LogP contribution in [0, 0.1) is 0 Å². The molecule has 0 aliphatic heterocycles. The summed E-state index contributed by atoms with van der Waals surface area (Å²) in [5, 5.41) is 4.42. The van der Waals surface area contributed by atoms with Gasteiger partial charge in [0.2, 0.25) is 0 Å². The van der Waals surface area contributed by atoms with Gasteiger partial charge in [-0.25, -0.2) is 0 Å². The molecule has 19 heavy (non-hydrogen) atoms. The summed E-state index contributed by atoms with van der Waals surface area (Å²) in [4.78, 5) is 0. The maximum atomic E-state index is 5.89. The van der Waals surface area contributed by atoms with E-state index in [-0.39, 0.29) is 0 Å². The maximum absolute atomic E-state index is 5.89. The van der Waals surface area contributed by atoms with E-state index in [0.29, 0.717) is 28.9 Å². The first kappa shape index (κ1) is 14.5. The van der Waals surface area contributed by atoms with Crippen molar-refractivity contribution in [2.75, 3.05) is 18.5 Å². The van der Waals surface area contributed by atoms with Gasteiger partial charge in [0.25, 0.3) is 0 Å². The highest BCUT2D eigenvalue weighted by Gasteiger charge is 2.00. The van der Waals surface area contributed by atoms with E-state index in [1.54, 1.807) is 18.2 Å². The number of rotatable bonds is 5. The first-order valence-electron chi connectivity index (χ1n) is 5.72. The molecule has 0 saturated carbocycles. The fourth-order valence-corrected chi connectivity index (χ4v) is 2.50. The summed E-state index contributed by atoms with van der Waals surface area (Å²) in [7, 11) is 0. The first-order chi connectivity index (χ1) is 9.15. The second-order valence-corrected chi connectivity index (χ2v) is 5.59. The Morgan fingerprint density at radius 2 is 1.74 bits per heavy atom. The molecule has 0 fully saturated rings. The van der Waals surface area contributed by atoms with E-state index in [4.69, 9.17) is 27.9 Å². The maximum Gasteiger partial charge on any atom is 0.122 e. The number of benzene rings is 2. The van der Waals surface area contributed by atoms with Crippen molar-refractivity contribution >= 4 is 44.8 Å². The van der Waals surface area contributed by atoms with Crippen LogP contribution in [0.5, 0.6) is 5.75 Å². The topological polar surface area (TPSA) is 21.3 Å². The molecule has 0 heterocycles. The van der Waals surface area contributed by atoms with Gasteiger partial charge in [-0.3, -0.25) is 0 Å². The van der Waals surface area contributed by atoms with Crippen LogP contribution >= 0.6 is 39.1 Å². The summed E-state index contributed by atoms with van der Waals surface area (Å²) in [6.07, 6.45) is 0. The minimum absolute atomic E-state index is 0.526. The molecule has 2 nitrogen and oxygen atoms in total. The third-order valence-electron chi connectivity index (χ3n) is 2.40. The van der Waals surface area contributed by atoms with Gasteiger partial charge >= 0.3 is 0 Å². The number of hydrogen-bond acceptors (Lipinski definition) is 2. The highest BCUT2D eigenvalue weighted by atomic mass is 79.9. The third-order valence-corrected chi connectivity index (χ3v) is 3.52. The van der Waals surface area contributed by atoms with Crippen LogP contribution in [0.3, 0.4) is 0 Å². The quantitative estimate of drug-likeness (QED) is 0.735. The normalized spacial score (nSPS) is 10.3. The number of hydrogen-bond donors (Lipinski definition) is 1. The molecule has 0 aromatic heterocycles. The van der Waals surface area contributed by atoms with Gasteiger partial charge in [-0.15, -0.1) is 0 Å². The van der Waals surface area contributed by atoms with Crippen molar-refractivity contribution in [3.63, 3.8) is 0 Å². The van der Waals surface area contributed by atoms with Crippen molar-refractivity contribution in [3.8, 4) is 5.75 Å². The van der Waals surface area contributed by atoms with E-state index in [2.05, 4.69) is 21.2 Å². The number of halogens is 3. The standard InChI is InChI=1S/C14H12BrCl2NO/c15-13-3-1-2-4-14(13)18-5-6-19-12-8-10(16)7-11(17)9-12/h1-4,7-9,18H,5-6H2. The predicted molar refractivity (Wildman–Crippen MR) is 84.6 cm³/mol. The summed E-state index contributed by atoms with van der Waals surface area (Å²) in [6.45, 7) is 1.21. The van der Waals surface area contributed by atoms with E-state index in [1.165, 1.54) is 0 Å². The second kappa shape index (κ2) is 7.04. The van der Waals surface area contributed by atoms with Gasteiger partial charge in [-0.2, -0.15) is 0 Å². The average Bonchev–Trinajstić information content (AvgIpc) is 2.35. The summed E-state index contributed by atoms with van der Waals surface area (Å²) in [5.41, 5.74) is 1.04. The molecule has 2 rings (SSSR count). The van der Waals surface area contributed by atoms with Gasteiger partial charge in [0.15, 0.2) is 0 Å². The SMILES string of the molecule is Clc1cc(Cl)cc(OCCNc2ccccc2Br)c1. The van der Waals surface area contributed by atoms with Crippen LogP contribution in [-0.2, 0) is 0 Å². The Balaban J connectivity index is 1.82. The number of anilines is 1. The van der Waals surface area contributed by atoms with E-state index in [0.717, 1.165) is 10.2 Å². The molecule has 5 heteroatoms. The van der Waals surface area contributed by atoms with Gasteiger partial charge in [0.05, 0.1) is 0 Å². The molecule has 1 N–H and O–H groups in total. The van der Waals surface area contributed by atoms with Crippen molar-refractivity contribution < 1.29 is 4.74 Å². The Morgan fingerprint density at radius 1 is 1.05 bits per heavy atom. The highest BCUT2D eigenvalue weighted by Crippen LogP contribution is 2.24. The van der Waals surface area contributed by atoms with Crippen LogP contribution in [0.2, 0.25) is 10.0 Å². The molecule has 0 aliphatic carbocycles. The van der Waals surface area contributed by atoms with Crippen LogP contribution in [-0.4, -0.2) is 13.2 Å². The van der Waals surface area contributed by atoms with Gasteiger partial charge < -0.3 is 10.1 Å². The van der Waals surface area contributed by atoms with Crippen molar-refractivity contribution in [1.29, 1.82) is 0 Å². The molecule has 100 valence electrons. The molecular weight excluding hydrogens is 349 g/mol. The van der Waals surface area contributed by atoms with Crippen LogP contribution in [0.4, 0.5) is 5.69 Å². The fourth-order valence-electron chi connectivity index (χ4n) is 1.57. The van der Waals surface area contributed by atoms with Gasteiger partial charge in [-0.1, -0.05) is 35.3 Å². The van der Waals surface area contributed by atoms with Gasteiger partial charge in [-0.05, 0) is 46.3 Å². The average molecular weight is 361 g/mol. The lowest BCUT2D eigenvalue weighted by atomic mass is 10.3. The Hall–Kier alpha value is -0.900. The van der Waals surface area contributed by atoms with E-state index < -0.39 is 0 Å². The summed E-state index contributed by atoms with van der Waals surface area (Å²) in [6, 6.07) is 13.1. The van der Waals surface area contributed by atoms with Gasteiger partial charge in [0.1, 0.15) is 12.4 Å². The summed E-state index contributed by atoms with van der Waals surface area (Å²) >= 11 is 15.3. The minimum atomic E-state index is 0.526. The molecular formula is C14H12BrCl2NO.